The summed E-state index contributed by atoms with van der Waals surface area (Å²) in [5.41, 5.74) is -2.73. The van der Waals surface area contributed by atoms with Gasteiger partial charge in [0.25, 0.3) is 5.91 Å². The van der Waals surface area contributed by atoms with Crippen LogP contribution in [-0.4, -0.2) is 60.4 Å². The number of carbonyl (C=O) groups excluding carboxylic acids is 2. The van der Waals surface area contributed by atoms with E-state index in [1.807, 2.05) is 0 Å². The minimum Gasteiger partial charge on any atom is -0.493 e. The Kier molecular flexibility index (Phi) is 6.33. The number of nitrogens with one attached hydrogen (secondary N) is 2. The van der Waals surface area contributed by atoms with Crippen molar-refractivity contribution in [3.8, 4) is 5.75 Å². The first-order valence-corrected chi connectivity index (χ1v) is 12.0. The van der Waals surface area contributed by atoms with Crippen LogP contribution >= 0.6 is 0 Å². The zero-order valence-corrected chi connectivity index (χ0v) is 20.6. The van der Waals surface area contributed by atoms with Gasteiger partial charge in [0.05, 0.1) is 13.2 Å². The first kappa shape index (κ1) is 26.3. The number of anilines is 2. The van der Waals surface area contributed by atoms with Crippen LogP contribution in [-0.2, 0) is 14.3 Å². The molecule has 2 N–H and O–H groups in total. The third kappa shape index (κ3) is 4.08. The second-order valence-corrected chi connectivity index (χ2v) is 9.93. The van der Waals surface area contributed by atoms with Gasteiger partial charge in [-0.1, -0.05) is 13.0 Å². The van der Waals surface area contributed by atoms with Gasteiger partial charge in [-0.3, -0.25) is 14.5 Å². The number of rotatable bonds is 5. The molecule has 204 valence electrons. The lowest BCUT2D eigenvalue weighted by Gasteiger charge is -2.46. The van der Waals surface area contributed by atoms with Crippen molar-refractivity contribution in [3.05, 3.63) is 47.7 Å². The normalized spacial score (nSPS) is 30.7. The van der Waals surface area contributed by atoms with Crippen LogP contribution in [0.1, 0.15) is 31.7 Å². The first-order valence-electron chi connectivity index (χ1n) is 12.0. The van der Waals surface area contributed by atoms with E-state index >= 15 is 0 Å². The Balaban J connectivity index is 1.47. The van der Waals surface area contributed by atoms with Gasteiger partial charge < -0.3 is 20.1 Å². The van der Waals surface area contributed by atoms with Gasteiger partial charge in [-0.25, -0.2) is 9.37 Å². The largest absolute Gasteiger partial charge is 0.493 e. The number of benzene rings is 1. The number of halogens is 5. The summed E-state index contributed by atoms with van der Waals surface area (Å²) in [7, 11) is 1.06. The fourth-order valence-electron chi connectivity index (χ4n) is 5.45. The van der Waals surface area contributed by atoms with Gasteiger partial charge in [0.15, 0.2) is 17.2 Å². The van der Waals surface area contributed by atoms with Gasteiger partial charge >= 0.3 is 6.18 Å². The van der Waals surface area contributed by atoms with E-state index in [-0.39, 0.29) is 35.1 Å². The summed E-state index contributed by atoms with van der Waals surface area (Å²) in [5, 5.41) is 5.66. The highest BCUT2D eigenvalue weighted by atomic mass is 19.4. The number of hydrogen-bond donors (Lipinski definition) is 2. The summed E-state index contributed by atoms with van der Waals surface area (Å²) >= 11 is 0. The average Bonchev–Trinajstić information content (AvgIpc) is 3.12. The summed E-state index contributed by atoms with van der Waals surface area (Å²) in [6.07, 6.45) is -4.52. The molecule has 4 aliphatic heterocycles. The van der Waals surface area contributed by atoms with E-state index < -0.39 is 53.0 Å². The molecule has 4 saturated heterocycles. The molecule has 8 nitrogen and oxygen atoms in total. The molecule has 0 saturated carbocycles. The number of aromatic nitrogens is 1. The van der Waals surface area contributed by atoms with E-state index in [4.69, 9.17) is 9.47 Å². The molecule has 13 heteroatoms. The smallest absolute Gasteiger partial charge is 0.417 e. The lowest BCUT2D eigenvalue weighted by atomic mass is 9.77. The van der Waals surface area contributed by atoms with Gasteiger partial charge in [-0.2, -0.15) is 17.6 Å². The predicted molar refractivity (Wildman–Crippen MR) is 125 cm³/mol. The maximum absolute atomic E-state index is 14.5. The minimum absolute atomic E-state index is 0.131. The van der Waals surface area contributed by atoms with Gasteiger partial charge in [-0.15, -0.1) is 0 Å². The van der Waals surface area contributed by atoms with Gasteiger partial charge in [-0.05, 0) is 25.5 Å². The Labute approximate surface area is 214 Å². The molecule has 2 aromatic rings. The minimum atomic E-state index is -4.88. The molecule has 6 rings (SSSR count). The molecular weight excluding hydrogens is 515 g/mol. The summed E-state index contributed by atoms with van der Waals surface area (Å²) in [6.45, 7) is 2.44. The number of amides is 2. The van der Waals surface area contributed by atoms with Crippen LogP contribution in [0.25, 0.3) is 0 Å². The molecule has 0 aliphatic carbocycles. The van der Waals surface area contributed by atoms with Crippen LogP contribution in [0.4, 0.5) is 33.5 Å². The predicted octanol–water partition coefficient (Wildman–Crippen LogP) is 3.52. The fourth-order valence-corrected chi connectivity index (χ4v) is 5.45. The molecule has 0 unspecified atom stereocenters. The molecule has 5 heterocycles. The zero-order chi connectivity index (χ0) is 27.6. The molecule has 0 spiro atoms. The number of piperidine rings is 1. The van der Waals surface area contributed by atoms with Crippen molar-refractivity contribution in [1.29, 1.82) is 0 Å². The van der Waals surface area contributed by atoms with E-state index in [1.54, 1.807) is 0 Å². The van der Waals surface area contributed by atoms with E-state index in [0.717, 1.165) is 32.6 Å². The van der Waals surface area contributed by atoms with Gasteiger partial charge in [0.1, 0.15) is 11.9 Å². The summed E-state index contributed by atoms with van der Waals surface area (Å²) in [5.74, 6) is -6.77. The highest BCUT2D eigenvalue weighted by Gasteiger charge is 2.66. The maximum Gasteiger partial charge on any atom is 0.417 e. The molecule has 6 atom stereocenters. The van der Waals surface area contributed by atoms with Crippen LogP contribution in [0.15, 0.2) is 30.5 Å². The second-order valence-electron chi connectivity index (χ2n) is 9.93. The third-order valence-electron chi connectivity index (χ3n) is 7.78. The van der Waals surface area contributed by atoms with E-state index in [1.165, 1.54) is 30.2 Å². The summed E-state index contributed by atoms with van der Waals surface area (Å²) in [4.78, 5) is 31.6. The molecule has 2 amide bonds. The van der Waals surface area contributed by atoms with Gasteiger partial charge in [0, 0.05) is 47.9 Å². The van der Waals surface area contributed by atoms with Crippen molar-refractivity contribution in [3.63, 3.8) is 0 Å². The molecule has 4 fully saturated rings. The zero-order valence-electron chi connectivity index (χ0n) is 20.6. The van der Waals surface area contributed by atoms with Crippen molar-refractivity contribution in [2.75, 3.05) is 23.9 Å². The number of fused-ring (bicyclic) bond motifs is 2. The molecule has 4 aliphatic rings. The second kappa shape index (κ2) is 9.16. The lowest BCUT2D eigenvalue weighted by molar-refractivity contribution is -0.272. The molecule has 2 bridgehead atoms. The summed E-state index contributed by atoms with van der Waals surface area (Å²) < 4.78 is 81.2. The van der Waals surface area contributed by atoms with Crippen LogP contribution in [0.5, 0.6) is 5.75 Å². The monoisotopic (exact) mass is 540 g/mol. The lowest BCUT2D eigenvalue weighted by Crippen LogP contribution is -2.70. The maximum atomic E-state index is 14.5. The van der Waals surface area contributed by atoms with Crippen molar-refractivity contribution in [1.82, 2.24) is 10.3 Å². The third-order valence-corrected chi connectivity index (χ3v) is 7.78. The van der Waals surface area contributed by atoms with Gasteiger partial charge in [0.2, 0.25) is 11.7 Å². The SMILES string of the molecule is COc1c([C@H]2[C@H](C(=O)Nc3ccnc(N4C[C@H]5C[C@H](N5)C4=O)c3)O[C@@](C)(C(F)(F)F)[C@H]2C)ccc(F)c1F. The first-order chi connectivity index (χ1) is 17.9. The Morgan fingerprint density at radius 3 is 2.63 bits per heavy atom. The molecule has 38 heavy (non-hydrogen) atoms. The van der Waals surface area contributed by atoms with Crippen LogP contribution in [0.2, 0.25) is 0 Å². The summed E-state index contributed by atoms with van der Waals surface area (Å²) in [6, 6.07) is 4.56. The van der Waals surface area contributed by atoms with Crippen LogP contribution in [0.3, 0.4) is 0 Å². The number of alkyl halides is 3. The average molecular weight is 540 g/mol. The fraction of sp³-hybridized carbons (Fsp3) is 0.480. The number of carbonyl (C=O) groups is 2. The van der Waals surface area contributed by atoms with Crippen LogP contribution in [0, 0.1) is 17.6 Å². The molecular formula is C25H25F5N4O4. The highest BCUT2D eigenvalue weighted by Crippen LogP contribution is 2.55. The number of pyridine rings is 1. The Morgan fingerprint density at radius 2 is 2.00 bits per heavy atom. The quantitative estimate of drug-likeness (QED) is 0.564. The molecule has 1 aromatic carbocycles. The van der Waals surface area contributed by atoms with Crippen molar-refractivity contribution in [2.24, 2.45) is 5.92 Å². The topological polar surface area (TPSA) is 92.8 Å². The number of hydrogen-bond acceptors (Lipinski definition) is 6. The Morgan fingerprint density at radius 1 is 1.29 bits per heavy atom. The van der Waals surface area contributed by atoms with Crippen LogP contribution < -0.4 is 20.3 Å². The number of methoxy groups -OCH3 is 1. The number of piperazine rings is 1. The Hall–Kier alpha value is -3.32. The Bertz CT molecular complexity index is 1280. The van der Waals surface area contributed by atoms with Crippen molar-refractivity contribution < 1.29 is 41.0 Å². The van der Waals surface area contributed by atoms with E-state index in [2.05, 4.69) is 15.6 Å². The molecule has 0 radical (unpaired) electrons. The number of ether oxygens (including phenoxy) is 2. The molecule has 1 aromatic heterocycles. The van der Waals surface area contributed by atoms with E-state index in [0.29, 0.717) is 6.54 Å². The van der Waals surface area contributed by atoms with Crippen molar-refractivity contribution in [2.45, 2.75) is 56.2 Å². The highest BCUT2D eigenvalue weighted by molar-refractivity contribution is 6.00. The van der Waals surface area contributed by atoms with Crippen molar-refractivity contribution >= 4 is 23.3 Å². The van der Waals surface area contributed by atoms with E-state index in [9.17, 15) is 31.5 Å². The standard InChI is InChI=1S/C25H25F5N4O4/c1-11-18(14-4-5-15(26)19(27)20(14)37-3)21(38-24(11,2)25(28,29)30)22(35)33-12-6-7-31-17(9-12)34-10-13-8-16(32-13)23(34)36/h4-7,9,11,13,16,18,21,32H,8,10H2,1-3H3,(H,31,33,35)/t11-,13+,16-,18-,21+,24+/m0/s1. The number of nitrogens with zero attached hydrogens (tertiary/aromatic N) is 2.